The quantitative estimate of drug-likeness (QED) is 0.543. The summed E-state index contributed by atoms with van der Waals surface area (Å²) >= 11 is 2.37. The van der Waals surface area contributed by atoms with Crippen LogP contribution in [0.25, 0.3) is 0 Å². The van der Waals surface area contributed by atoms with Gasteiger partial charge in [0.15, 0.2) is 0 Å². The molecule has 0 amide bonds. The van der Waals surface area contributed by atoms with Crippen molar-refractivity contribution in [2.45, 2.75) is 38.4 Å². The second-order valence-electron chi connectivity index (χ2n) is 3.21. The van der Waals surface area contributed by atoms with E-state index in [1.165, 1.54) is 12.8 Å². The molecule has 0 unspecified atom stereocenters. The lowest BCUT2D eigenvalue weighted by Gasteiger charge is -2.21. The first-order valence-corrected chi connectivity index (χ1v) is 4.90. The van der Waals surface area contributed by atoms with Gasteiger partial charge in [0.1, 0.15) is 0 Å². The Balaban J connectivity index is 2.21. The van der Waals surface area contributed by atoms with Crippen molar-refractivity contribution in [3.05, 3.63) is 0 Å². The van der Waals surface area contributed by atoms with Gasteiger partial charge in [0.05, 0.1) is 11.7 Å². The Bertz CT molecular complexity index is 97.1. The summed E-state index contributed by atoms with van der Waals surface area (Å²) in [7, 11) is 0. The molecule has 1 aliphatic carbocycles. The average Bonchev–Trinajstić information content (AvgIpc) is 2.50. The standard InChI is InChI=1S/C7H13IO/c1-7(2,5-8)9-6-3-4-6/h6H,3-5H2,1-2H3. The van der Waals surface area contributed by atoms with E-state index in [9.17, 15) is 0 Å². The van der Waals surface area contributed by atoms with E-state index in [1.54, 1.807) is 0 Å². The molecule has 0 bridgehead atoms. The van der Waals surface area contributed by atoms with Crippen LogP contribution < -0.4 is 0 Å². The van der Waals surface area contributed by atoms with Crippen molar-refractivity contribution in [2.75, 3.05) is 4.43 Å². The summed E-state index contributed by atoms with van der Waals surface area (Å²) in [5.41, 5.74) is 0.113. The molecule has 0 aromatic heterocycles. The third-order valence-electron chi connectivity index (χ3n) is 1.33. The number of rotatable bonds is 3. The SMILES string of the molecule is CC(C)(CI)OC1CC1. The molecular formula is C7H13IO. The number of hydrogen-bond donors (Lipinski definition) is 0. The minimum absolute atomic E-state index is 0.113. The predicted octanol–water partition coefficient (Wildman–Crippen LogP) is 2.38. The molecule has 1 rings (SSSR count). The Morgan fingerprint density at radius 1 is 1.56 bits per heavy atom. The highest BCUT2D eigenvalue weighted by Crippen LogP contribution is 2.29. The molecule has 0 N–H and O–H groups in total. The first-order chi connectivity index (χ1) is 4.14. The molecule has 1 fully saturated rings. The minimum atomic E-state index is 0.113. The summed E-state index contributed by atoms with van der Waals surface area (Å²) in [6, 6.07) is 0. The van der Waals surface area contributed by atoms with E-state index in [0.717, 1.165) is 4.43 Å². The van der Waals surface area contributed by atoms with Gasteiger partial charge in [0.2, 0.25) is 0 Å². The van der Waals surface area contributed by atoms with Crippen LogP contribution in [-0.2, 0) is 4.74 Å². The van der Waals surface area contributed by atoms with E-state index in [0.29, 0.717) is 6.10 Å². The molecular weight excluding hydrogens is 227 g/mol. The first-order valence-electron chi connectivity index (χ1n) is 3.38. The van der Waals surface area contributed by atoms with Gasteiger partial charge in [-0.1, -0.05) is 22.6 Å². The van der Waals surface area contributed by atoms with Crippen molar-refractivity contribution >= 4 is 22.6 Å². The molecule has 54 valence electrons. The summed E-state index contributed by atoms with van der Waals surface area (Å²) in [6.45, 7) is 4.30. The van der Waals surface area contributed by atoms with E-state index in [1.807, 2.05) is 0 Å². The fourth-order valence-electron chi connectivity index (χ4n) is 0.669. The van der Waals surface area contributed by atoms with Crippen molar-refractivity contribution in [2.24, 2.45) is 0 Å². The van der Waals surface area contributed by atoms with Gasteiger partial charge in [-0.2, -0.15) is 0 Å². The van der Waals surface area contributed by atoms with E-state index >= 15 is 0 Å². The monoisotopic (exact) mass is 240 g/mol. The number of halogens is 1. The summed E-state index contributed by atoms with van der Waals surface area (Å²) < 4.78 is 6.78. The topological polar surface area (TPSA) is 9.23 Å². The molecule has 0 radical (unpaired) electrons. The molecule has 1 saturated carbocycles. The van der Waals surface area contributed by atoms with Gasteiger partial charge in [0, 0.05) is 4.43 Å². The van der Waals surface area contributed by atoms with Crippen molar-refractivity contribution in [3.63, 3.8) is 0 Å². The molecule has 1 nitrogen and oxygen atoms in total. The second kappa shape index (κ2) is 2.74. The summed E-state index contributed by atoms with van der Waals surface area (Å²) in [5.74, 6) is 0. The smallest absolute Gasteiger partial charge is 0.0719 e. The van der Waals surface area contributed by atoms with Crippen LogP contribution in [0.3, 0.4) is 0 Å². The maximum absolute atomic E-state index is 5.69. The molecule has 9 heavy (non-hydrogen) atoms. The number of alkyl halides is 1. The summed E-state index contributed by atoms with van der Waals surface area (Å²) in [4.78, 5) is 0. The number of hydrogen-bond acceptors (Lipinski definition) is 1. The van der Waals surface area contributed by atoms with Crippen molar-refractivity contribution in [3.8, 4) is 0 Å². The maximum Gasteiger partial charge on any atom is 0.0719 e. The van der Waals surface area contributed by atoms with Gasteiger partial charge in [-0.15, -0.1) is 0 Å². The van der Waals surface area contributed by atoms with Gasteiger partial charge in [-0.3, -0.25) is 0 Å². The zero-order valence-electron chi connectivity index (χ0n) is 5.98. The first kappa shape index (κ1) is 7.79. The summed E-state index contributed by atoms with van der Waals surface area (Å²) in [5, 5.41) is 0. The molecule has 0 aromatic rings. The van der Waals surface area contributed by atoms with Gasteiger partial charge in [-0.05, 0) is 26.7 Å². The Kier molecular flexibility index (Phi) is 2.37. The van der Waals surface area contributed by atoms with E-state index in [2.05, 4.69) is 36.4 Å². The molecule has 1 aliphatic rings. The van der Waals surface area contributed by atoms with Crippen LogP contribution in [0.15, 0.2) is 0 Å². The normalized spacial score (nSPS) is 20.3. The predicted molar refractivity (Wildman–Crippen MR) is 47.1 cm³/mol. The molecule has 0 atom stereocenters. The van der Waals surface area contributed by atoms with Crippen molar-refractivity contribution in [1.29, 1.82) is 0 Å². The number of ether oxygens (including phenoxy) is 1. The fourth-order valence-corrected chi connectivity index (χ4v) is 0.848. The highest BCUT2D eigenvalue weighted by molar-refractivity contribution is 14.1. The Hall–Kier alpha value is 0.690. The van der Waals surface area contributed by atoms with E-state index in [4.69, 9.17) is 4.74 Å². The van der Waals surface area contributed by atoms with Gasteiger partial charge < -0.3 is 4.74 Å². The third kappa shape index (κ3) is 2.85. The zero-order valence-corrected chi connectivity index (χ0v) is 8.14. The summed E-state index contributed by atoms with van der Waals surface area (Å²) in [6.07, 6.45) is 3.15. The molecule has 0 saturated heterocycles. The van der Waals surface area contributed by atoms with Gasteiger partial charge >= 0.3 is 0 Å². The third-order valence-corrected chi connectivity index (χ3v) is 3.17. The highest BCUT2D eigenvalue weighted by atomic mass is 127. The maximum atomic E-state index is 5.69. The zero-order chi connectivity index (χ0) is 6.91. The minimum Gasteiger partial charge on any atom is -0.372 e. The second-order valence-corrected chi connectivity index (χ2v) is 3.97. The van der Waals surface area contributed by atoms with Crippen molar-refractivity contribution in [1.82, 2.24) is 0 Å². The van der Waals surface area contributed by atoms with Crippen LogP contribution in [0.5, 0.6) is 0 Å². The van der Waals surface area contributed by atoms with Crippen molar-refractivity contribution < 1.29 is 4.74 Å². The van der Waals surface area contributed by atoms with Crippen LogP contribution in [0, 0.1) is 0 Å². The van der Waals surface area contributed by atoms with E-state index < -0.39 is 0 Å². The van der Waals surface area contributed by atoms with Crippen LogP contribution in [0.4, 0.5) is 0 Å². The molecule has 0 aliphatic heterocycles. The highest BCUT2D eigenvalue weighted by Gasteiger charge is 2.29. The Morgan fingerprint density at radius 3 is 2.44 bits per heavy atom. The molecule has 0 aromatic carbocycles. The lowest BCUT2D eigenvalue weighted by Crippen LogP contribution is -2.26. The molecule has 2 heteroatoms. The van der Waals surface area contributed by atoms with Crippen LogP contribution in [0.2, 0.25) is 0 Å². The average molecular weight is 240 g/mol. The lowest BCUT2D eigenvalue weighted by molar-refractivity contribution is -0.00926. The Morgan fingerprint density at radius 2 is 2.11 bits per heavy atom. The van der Waals surface area contributed by atoms with Crippen LogP contribution in [-0.4, -0.2) is 16.1 Å². The molecule has 0 heterocycles. The van der Waals surface area contributed by atoms with Crippen LogP contribution in [0.1, 0.15) is 26.7 Å². The lowest BCUT2D eigenvalue weighted by atomic mass is 10.2. The molecule has 0 spiro atoms. The van der Waals surface area contributed by atoms with Gasteiger partial charge in [-0.25, -0.2) is 0 Å². The largest absolute Gasteiger partial charge is 0.372 e. The Labute approximate surface area is 70.3 Å². The van der Waals surface area contributed by atoms with Crippen LogP contribution >= 0.6 is 22.6 Å². The fraction of sp³-hybridized carbons (Fsp3) is 1.00. The van der Waals surface area contributed by atoms with Gasteiger partial charge in [0.25, 0.3) is 0 Å². The van der Waals surface area contributed by atoms with E-state index in [-0.39, 0.29) is 5.60 Å².